The first kappa shape index (κ1) is 13.2. The van der Waals surface area contributed by atoms with Crippen molar-refractivity contribution >= 4 is 12.1 Å². The van der Waals surface area contributed by atoms with E-state index >= 15 is 0 Å². The monoisotopic (exact) mass is 250 g/mol. The van der Waals surface area contributed by atoms with Crippen molar-refractivity contribution in [2.75, 3.05) is 7.05 Å². The summed E-state index contributed by atoms with van der Waals surface area (Å²) in [4.78, 5) is 8.71. The van der Waals surface area contributed by atoms with Crippen LogP contribution in [-0.2, 0) is 0 Å². The number of amidine groups is 1. The molecule has 0 radical (unpaired) electrons. The molecule has 0 atom stereocenters. The minimum absolute atomic E-state index is 0.751. The Morgan fingerprint density at radius 3 is 1.89 bits per heavy atom. The Hall–Kier alpha value is -2.22. The smallest absolute Gasteiger partial charge is 0.154 e. The highest BCUT2D eigenvalue weighted by molar-refractivity contribution is 6.05. The highest BCUT2D eigenvalue weighted by Crippen LogP contribution is 2.06. The third kappa shape index (κ3) is 3.62. The summed E-state index contributed by atoms with van der Waals surface area (Å²) in [5.74, 6) is 0.751. The molecule has 0 aliphatic rings. The molecule has 2 aromatic carbocycles. The predicted molar refractivity (Wildman–Crippen MR) is 82.4 cm³/mol. The van der Waals surface area contributed by atoms with Gasteiger partial charge in [-0.1, -0.05) is 59.7 Å². The van der Waals surface area contributed by atoms with Crippen LogP contribution in [-0.4, -0.2) is 19.1 Å². The van der Waals surface area contributed by atoms with Gasteiger partial charge in [-0.15, -0.1) is 0 Å². The summed E-state index contributed by atoms with van der Waals surface area (Å²) < 4.78 is 0. The van der Waals surface area contributed by atoms with Crippen LogP contribution in [0.5, 0.6) is 0 Å². The topological polar surface area (TPSA) is 24.7 Å². The predicted octanol–water partition coefficient (Wildman–Crippen LogP) is 3.80. The van der Waals surface area contributed by atoms with Crippen molar-refractivity contribution in [3.63, 3.8) is 0 Å². The van der Waals surface area contributed by atoms with Crippen LogP contribution in [0.1, 0.15) is 22.3 Å². The lowest BCUT2D eigenvalue weighted by Gasteiger charge is -2.01. The van der Waals surface area contributed by atoms with Crippen molar-refractivity contribution in [2.45, 2.75) is 13.8 Å². The van der Waals surface area contributed by atoms with E-state index in [1.807, 2.05) is 18.3 Å². The molecule has 19 heavy (non-hydrogen) atoms. The van der Waals surface area contributed by atoms with Gasteiger partial charge in [-0.2, -0.15) is 0 Å². The molecule has 0 aliphatic heterocycles. The van der Waals surface area contributed by atoms with Crippen LogP contribution in [0.4, 0.5) is 0 Å². The Bertz CT molecular complexity index is 590. The van der Waals surface area contributed by atoms with Gasteiger partial charge < -0.3 is 0 Å². The van der Waals surface area contributed by atoms with Crippen molar-refractivity contribution in [1.82, 2.24) is 0 Å². The molecule has 0 aromatic heterocycles. The van der Waals surface area contributed by atoms with Gasteiger partial charge in [-0.3, -0.25) is 4.99 Å². The van der Waals surface area contributed by atoms with E-state index in [1.54, 1.807) is 7.05 Å². The molecular weight excluding hydrogens is 232 g/mol. The number of rotatable bonds is 2. The molecule has 2 rings (SSSR count). The second-order valence-corrected chi connectivity index (χ2v) is 4.58. The molecular formula is C17H18N2. The van der Waals surface area contributed by atoms with Gasteiger partial charge >= 0.3 is 0 Å². The van der Waals surface area contributed by atoms with E-state index in [0.717, 1.165) is 17.0 Å². The Kier molecular flexibility index (Phi) is 4.24. The van der Waals surface area contributed by atoms with Gasteiger partial charge in [0.05, 0.1) is 0 Å². The van der Waals surface area contributed by atoms with Gasteiger partial charge in [0.1, 0.15) is 0 Å². The van der Waals surface area contributed by atoms with E-state index in [-0.39, 0.29) is 0 Å². The normalized spacial score (nSPS) is 12.1. The zero-order chi connectivity index (χ0) is 13.7. The van der Waals surface area contributed by atoms with E-state index in [9.17, 15) is 0 Å². The highest BCUT2D eigenvalue weighted by atomic mass is 14.9. The van der Waals surface area contributed by atoms with E-state index in [2.05, 4.69) is 60.2 Å². The van der Waals surface area contributed by atoms with Crippen LogP contribution in [0, 0.1) is 13.8 Å². The molecule has 0 spiro atoms. The summed E-state index contributed by atoms with van der Waals surface area (Å²) in [5.41, 5.74) is 4.61. The molecule has 2 heteroatoms. The van der Waals surface area contributed by atoms with E-state index in [4.69, 9.17) is 0 Å². The Labute approximate surface area is 114 Å². The molecule has 2 aromatic rings. The standard InChI is InChI=1S/C17H18N2/c1-13-4-8-15(9-5-13)12-19-17(18-3)16-10-6-14(2)7-11-16/h4-12H,1-3H3. The Morgan fingerprint density at radius 2 is 1.37 bits per heavy atom. The van der Waals surface area contributed by atoms with Gasteiger partial charge in [0, 0.05) is 18.8 Å². The summed E-state index contributed by atoms with van der Waals surface area (Å²) in [7, 11) is 1.77. The lowest BCUT2D eigenvalue weighted by atomic mass is 10.1. The molecule has 0 fully saturated rings. The van der Waals surface area contributed by atoms with Crippen LogP contribution in [0.25, 0.3) is 0 Å². The van der Waals surface area contributed by atoms with E-state index in [0.29, 0.717) is 0 Å². The maximum Gasteiger partial charge on any atom is 0.154 e. The van der Waals surface area contributed by atoms with Crippen molar-refractivity contribution in [3.8, 4) is 0 Å². The first-order valence-corrected chi connectivity index (χ1v) is 6.33. The lowest BCUT2D eigenvalue weighted by Crippen LogP contribution is -1.98. The molecule has 0 saturated heterocycles. The third-order valence-electron chi connectivity index (χ3n) is 2.93. The van der Waals surface area contributed by atoms with E-state index < -0.39 is 0 Å². The van der Waals surface area contributed by atoms with Crippen molar-refractivity contribution in [1.29, 1.82) is 0 Å². The molecule has 0 N–H and O–H groups in total. The number of benzene rings is 2. The van der Waals surface area contributed by atoms with Gasteiger partial charge in [-0.05, 0) is 19.4 Å². The van der Waals surface area contributed by atoms with Gasteiger partial charge in [0.2, 0.25) is 0 Å². The second-order valence-electron chi connectivity index (χ2n) is 4.58. The van der Waals surface area contributed by atoms with Gasteiger partial charge in [-0.25, -0.2) is 4.99 Å². The van der Waals surface area contributed by atoms with Gasteiger partial charge in [0.25, 0.3) is 0 Å². The molecule has 0 bridgehead atoms. The molecule has 0 amide bonds. The van der Waals surface area contributed by atoms with E-state index in [1.165, 1.54) is 11.1 Å². The minimum atomic E-state index is 0.751. The number of aliphatic imine (C=N–C) groups is 2. The first-order chi connectivity index (χ1) is 9.19. The maximum atomic E-state index is 4.47. The van der Waals surface area contributed by atoms with Crippen LogP contribution in [0.2, 0.25) is 0 Å². The number of hydrogen-bond acceptors (Lipinski definition) is 1. The average molecular weight is 250 g/mol. The molecule has 0 aliphatic carbocycles. The Morgan fingerprint density at radius 1 is 0.842 bits per heavy atom. The van der Waals surface area contributed by atoms with Gasteiger partial charge in [0.15, 0.2) is 5.84 Å². The third-order valence-corrected chi connectivity index (χ3v) is 2.93. The first-order valence-electron chi connectivity index (χ1n) is 6.33. The minimum Gasteiger partial charge on any atom is -0.270 e. The van der Waals surface area contributed by atoms with Crippen LogP contribution >= 0.6 is 0 Å². The van der Waals surface area contributed by atoms with Crippen LogP contribution < -0.4 is 0 Å². The fourth-order valence-corrected chi connectivity index (χ4v) is 1.75. The SMILES string of the molecule is CN=C(N=Cc1ccc(C)cc1)c1ccc(C)cc1. The van der Waals surface area contributed by atoms with Crippen molar-refractivity contribution in [2.24, 2.45) is 9.98 Å². The molecule has 96 valence electrons. The average Bonchev–Trinajstić information content (AvgIpc) is 2.43. The maximum absolute atomic E-state index is 4.47. The molecule has 0 heterocycles. The molecule has 0 saturated carbocycles. The van der Waals surface area contributed by atoms with Crippen LogP contribution in [0.3, 0.4) is 0 Å². The summed E-state index contributed by atoms with van der Waals surface area (Å²) in [6.45, 7) is 4.15. The lowest BCUT2D eigenvalue weighted by molar-refractivity contribution is 1.37. The summed E-state index contributed by atoms with van der Waals surface area (Å²) >= 11 is 0. The van der Waals surface area contributed by atoms with Crippen molar-refractivity contribution in [3.05, 3.63) is 70.8 Å². The highest BCUT2D eigenvalue weighted by Gasteiger charge is 1.99. The largest absolute Gasteiger partial charge is 0.270 e. The summed E-state index contributed by atoms with van der Waals surface area (Å²) in [5, 5.41) is 0. The summed E-state index contributed by atoms with van der Waals surface area (Å²) in [6.07, 6.45) is 1.85. The fraction of sp³-hybridized carbons (Fsp3) is 0.176. The van der Waals surface area contributed by atoms with Crippen LogP contribution in [0.15, 0.2) is 58.5 Å². The van der Waals surface area contributed by atoms with Crippen molar-refractivity contribution < 1.29 is 0 Å². The second kappa shape index (κ2) is 6.10. The zero-order valence-electron chi connectivity index (χ0n) is 11.6. The number of hydrogen-bond donors (Lipinski definition) is 0. The quantitative estimate of drug-likeness (QED) is 0.572. The fourth-order valence-electron chi connectivity index (χ4n) is 1.75. The Balaban J connectivity index is 2.20. The number of nitrogens with zero attached hydrogens (tertiary/aromatic N) is 2. The number of aryl methyl sites for hydroxylation is 2. The molecule has 2 nitrogen and oxygen atoms in total. The molecule has 0 unspecified atom stereocenters. The summed E-state index contributed by atoms with van der Waals surface area (Å²) in [6, 6.07) is 16.5. The zero-order valence-corrected chi connectivity index (χ0v) is 11.6.